The van der Waals surface area contributed by atoms with Gasteiger partial charge in [-0.05, 0) is 42.9 Å². The first-order chi connectivity index (χ1) is 11.1. The van der Waals surface area contributed by atoms with E-state index < -0.39 is 5.91 Å². The van der Waals surface area contributed by atoms with Crippen LogP contribution in [-0.2, 0) is 12.8 Å². The predicted molar refractivity (Wildman–Crippen MR) is 93.0 cm³/mol. The Morgan fingerprint density at radius 1 is 1.30 bits per heavy atom. The SMILES string of the molecule is CC[C@H]1CCc2c(sc(NC(=O)c3ccccc3)c2C(N)=O)C1. The van der Waals surface area contributed by atoms with Crippen LogP contribution in [-0.4, -0.2) is 11.8 Å². The van der Waals surface area contributed by atoms with Gasteiger partial charge in [0.05, 0.1) is 5.56 Å². The highest BCUT2D eigenvalue weighted by Gasteiger charge is 2.28. The van der Waals surface area contributed by atoms with Crippen LogP contribution in [0, 0.1) is 5.92 Å². The normalized spacial score (nSPS) is 16.7. The number of anilines is 1. The van der Waals surface area contributed by atoms with E-state index in [2.05, 4.69) is 12.2 Å². The minimum atomic E-state index is -0.458. The molecule has 3 N–H and O–H groups in total. The third kappa shape index (κ3) is 3.15. The number of thiophene rings is 1. The Morgan fingerprint density at radius 3 is 2.70 bits per heavy atom. The zero-order chi connectivity index (χ0) is 16.4. The van der Waals surface area contributed by atoms with E-state index in [-0.39, 0.29) is 5.91 Å². The zero-order valence-electron chi connectivity index (χ0n) is 13.1. The van der Waals surface area contributed by atoms with Gasteiger partial charge >= 0.3 is 0 Å². The second-order valence-electron chi connectivity index (χ2n) is 5.91. The Morgan fingerprint density at radius 2 is 2.04 bits per heavy atom. The van der Waals surface area contributed by atoms with E-state index in [1.165, 1.54) is 16.2 Å². The van der Waals surface area contributed by atoms with Crippen LogP contribution in [0.15, 0.2) is 30.3 Å². The van der Waals surface area contributed by atoms with Gasteiger partial charge in [0.25, 0.3) is 11.8 Å². The van der Waals surface area contributed by atoms with Crippen molar-refractivity contribution in [1.82, 2.24) is 0 Å². The maximum Gasteiger partial charge on any atom is 0.256 e. The van der Waals surface area contributed by atoms with Crippen molar-refractivity contribution in [2.75, 3.05) is 5.32 Å². The number of carbonyl (C=O) groups excluding carboxylic acids is 2. The molecule has 3 rings (SSSR count). The lowest BCUT2D eigenvalue weighted by atomic mass is 9.85. The number of primary amides is 1. The molecule has 1 heterocycles. The van der Waals surface area contributed by atoms with Gasteiger partial charge in [0.1, 0.15) is 5.00 Å². The van der Waals surface area contributed by atoms with Crippen molar-refractivity contribution in [1.29, 1.82) is 0 Å². The number of amides is 2. The Kier molecular flexibility index (Phi) is 4.48. The molecule has 0 radical (unpaired) electrons. The first-order valence-corrected chi connectivity index (χ1v) is 8.72. The summed E-state index contributed by atoms with van der Waals surface area (Å²) in [6.45, 7) is 2.19. The average Bonchev–Trinajstić information content (AvgIpc) is 2.92. The minimum Gasteiger partial charge on any atom is -0.365 e. The lowest BCUT2D eigenvalue weighted by Crippen LogP contribution is -2.19. The monoisotopic (exact) mass is 328 g/mol. The van der Waals surface area contributed by atoms with E-state index in [1.807, 2.05) is 18.2 Å². The number of hydrogen-bond acceptors (Lipinski definition) is 3. The molecule has 0 fully saturated rings. The number of nitrogens with one attached hydrogen (secondary N) is 1. The van der Waals surface area contributed by atoms with Crippen molar-refractivity contribution in [3.05, 3.63) is 51.9 Å². The molecule has 120 valence electrons. The molecule has 0 bridgehead atoms. The number of nitrogens with two attached hydrogens (primary N) is 1. The molecule has 0 aliphatic heterocycles. The topological polar surface area (TPSA) is 72.2 Å². The summed E-state index contributed by atoms with van der Waals surface area (Å²) < 4.78 is 0. The van der Waals surface area contributed by atoms with E-state index in [9.17, 15) is 9.59 Å². The van der Waals surface area contributed by atoms with E-state index >= 15 is 0 Å². The summed E-state index contributed by atoms with van der Waals surface area (Å²) in [5.41, 5.74) is 7.69. The summed E-state index contributed by atoms with van der Waals surface area (Å²) in [5, 5.41) is 3.47. The summed E-state index contributed by atoms with van der Waals surface area (Å²) >= 11 is 1.50. The van der Waals surface area contributed by atoms with Crippen LogP contribution < -0.4 is 11.1 Å². The lowest BCUT2D eigenvalue weighted by molar-refractivity contribution is 0.1000. The molecule has 0 saturated carbocycles. The summed E-state index contributed by atoms with van der Waals surface area (Å²) in [4.78, 5) is 25.5. The molecule has 5 heteroatoms. The Balaban J connectivity index is 1.92. The van der Waals surface area contributed by atoms with E-state index in [0.29, 0.717) is 22.0 Å². The average molecular weight is 328 g/mol. The van der Waals surface area contributed by atoms with Crippen LogP contribution in [0.25, 0.3) is 0 Å². The van der Waals surface area contributed by atoms with E-state index in [0.717, 1.165) is 31.2 Å². The third-order valence-corrected chi connectivity index (χ3v) is 5.62. The minimum absolute atomic E-state index is 0.210. The Labute approximate surface area is 139 Å². The molecule has 0 spiro atoms. The number of carbonyl (C=O) groups is 2. The van der Waals surface area contributed by atoms with Crippen LogP contribution in [0.3, 0.4) is 0 Å². The second-order valence-corrected chi connectivity index (χ2v) is 7.01. The van der Waals surface area contributed by atoms with Crippen molar-refractivity contribution in [2.24, 2.45) is 11.7 Å². The van der Waals surface area contributed by atoms with Gasteiger partial charge in [-0.25, -0.2) is 0 Å². The molecule has 2 aromatic rings. The maximum absolute atomic E-state index is 12.4. The van der Waals surface area contributed by atoms with E-state index in [1.54, 1.807) is 12.1 Å². The third-order valence-electron chi connectivity index (χ3n) is 4.45. The summed E-state index contributed by atoms with van der Waals surface area (Å²) in [5.74, 6) is -0.0147. The molecule has 1 aliphatic carbocycles. The highest BCUT2D eigenvalue weighted by atomic mass is 32.1. The van der Waals surface area contributed by atoms with Crippen LogP contribution >= 0.6 is 11.3 Å². The smallest absolute Gasteiger partial charge is 0.256 e. The van der Waals surface area contributed by atoms with Crippen LogP contribution in [0.4, 0.5) is 5.00 Å². The molecular formula is C18H20N2O2S. The first kappa shape index (κ1) is 15.7. The molecule has 0 unspecified atom stereocenters. The number of rotatable bonds is 4. The van der Waals surface area contributed by atoms with Crippen molar-refractivity contribution in [2.45, 2.75) is 32.6 Å². The highest BCUT2D eigenvalue weighted by Crippen LogP contribution is 2.40. The summed E-state index contributed by atoms with van der Waals surface area (Å²) in [6, 6.07) is 8.99. The molecule has 2 amide bonds. The predicted octanol–water partition coefficient (Wildman–Crippen LogP) is 3.61. The molecule has 0 saturated heterocycles. The number of benzene rings is 1. The van der Waals surface area contributed by atoms with Crippen molar-refractivity contribution in [3.63, 3.8) is 0 Å². The fourth-order valence-corrected chi connectivity index (χ4v) is 4.48. The van der Waals surface area contributed by atoms with Crippen LogP contribution in [0.5, 0.6) is 0 Å². The van der Waals surface area contributed by atoms with Gasteiger partial charge in [0.15, 0.2) is 0 Å². The van der Waals surface area contributed by atoms with Gasteiger partial charge in [0.2, 0.25) is 0 Å². The Hall–Kier alpha value is -2.14. The van der Waals surface area contributed by atoms with Gasteiger partial charge in [-0.3, -0.25) is 9.59 Å². The fourth-order valence-electron chi connectivity index (χ4n) is 3.12. The van der Waals surface area contributed by atoms with Gasteiger partial charge in [-0.1, -0.05) is 31.5 Å². The van der Waals surface area contributed by atoms with E-state index in [4.69, 9.17) is 5.73 Å². The molecule has 1 aromatic carbocycles. The summed E-state index contributed by atoms with van der Waals surface area (Å²) in [6.07, 6.45) is 4.04. The standard InChI is InChI=1S/C18H20N2O2S/c1-2-11-8-9-13-14(10-11)23-18(15(13)16(19)21)20-17(22)12-6-4-3-5-7-12/h3-7,11H,2,8-10H2,1H3,(H2,19,21)(H,20,22)/t11-/m0/s1. The second kappa shape index (κ2) is 6.54. The van der Waals surface area contributed by atoms with Crippen molar-refractivity contribution >= 4 is 28.2 Å². The zero-order valence-corrected chi connectivity index (χ0v) is 13.9. The molecule has 1 atom stereocenters. The first-order valence-electron chi connectivity index (χ1n) is 7.90. The number of fused-ring (bicyclic) bond motifs is 1. The quantitative estimate of drug-likeness (QED) is 0.900. The lowest BCUT2D eigenvalue weighted by Gasteiger charge is -2.20. The van der Waals surface area contributed by atoms with Gasteiger partial charge in [-0.2, -0.15) is 0 Å². The molecule has 4 nitrogen and oxygen atoms in total. The highest BCUT2D eigenvalue weighted by molar-refractivity contribution is 7.17. The number of hydrogen-bond donors (Lipinski definition) is 2. The van der Waals surface area contributed by atoms with Gasteiger partial charge < -0.3 is 11.1 Å². The molecule has 1 aromatic heterocycles. The van der Waals surface area contributed by atoms with Gasteiger partial charge in [-0.15, -0.1) is 11.3 Å². The molecular weight excluding hydrogens is 308 g/mol. The Bertz CT molecular complexity index is 737. The molecule has 1 aliphatic rings. The summed E-state index contributed by atoms with van der Waals surface area (Å²) in [7, 11) is 0. The largest absolute Gasteiger partial charge is 0.365 e. The van der Waals surface area contributed by atoms with Crippen molar-refractivity contribution in [3.8, 4) is 0 Å². The van der Waals surface area contributed by atoms with Crippen molar-refractivity contribution < 1.29 is 9.59 Å². The van der Waals surface area contributed by atoms with Gasteiger partial charge in [0, 0.05) is 10.4 Å². The maximum atomic E-state index is 12.4. The molecule has 23 heavy (non-hydrogen) atoms. The fraction of sp³-hybridized carbons (Fsp3) is 0.333. The van der Waals surface area contributed by atoms with Crippen LogP contribution in [0.1, 0.15) is 50.9 Å². The van der Waals surface area contributed by atoms with Crippen LogP contribution in [0.2, 0.25) is 0 Å².